The molecule has 3 aromatic rings. The highest BCUT2D eigenvalue weighted by Crippen LogP contribution is 2.23. The Morgan fingerprint density at radius 1 is 1.17 bits per heavy atom. The van der Waals surface area contributed by atoms with Gasteiger partial charge in [0.15, 0.2) is 0 Å². The van der Waals surface area contributed by atoms with Crippen LogP contribution in [0, 0.1) is 5.92 Å². The second-order valence-corrected chi connectivity index (χ2v) is 7.93. The molecule has 0 aliphatic carbocycles. The summed E-state index contributed by atoms with van der Waals surface area (Å²) in [4.78, 5) is 12.1. The van der Waals surface area contributed by atoms with Gasteiger partial charge in [0.05, 0.1) is 11.7 Å². The fourth-order valence-corrected chi connectivity index (χ4v) is 4.19. The summed E-state index contributed by atoms with van der Waals surface area (Å²) in [7, 11) is 0. The molecule has 1 aliphatic rings. The van der Waals surface area contributed by atoms with Gasteiger partial charge < -0.3 is 16.0 Å². The quantitative estimate of drug-likeness (QED) is 0.458. The molecule has 1 aliphatic heterocycles. The number of piperidine rings is 1. The lowest BCUT2D eigenvalue weighted by molar-refractivity contribution is 0.250. The minimum Gasteiger partial charge on any atom is -0.338 e. The number of H-pyrrole nitrogens is 1. The molecule has 0 radical (unpaired) electrons. The summed E-state index contributed by atoms with van der Waals surface area (Å²) in [5.74, 6) is 0.748. The zero-order chi connectivity index (χ0) is 19.9. The predicted octanol–water partition coefficient (Wildman–Crippen LogP) is 4.08. The number of aromatic amines is 1. The van der Waals surface area contributed by atoms with Gasteiger partial charge in [0.1, 0.15) is 0 Å². The van der Waals surface area contributed by atoms with Crippen LogP contribution in [-0.4, -0.2) is 35.4 Å². The SMILES string of the molecule is O=C(NCCC[C@@H]1C[C@@H](Cc2ccccc2)CCN1)Nc1ccc2cn[nH]c2c1. The Morgan fingerprint density at radius 3 is 2.97 bits per heavy atom. The summed E-state index contributed by atoms with van der Waals surface area (Å²) in [6.45, 7) is 1.77. The fourth-order valence-electron chi connectivity index (χ4n) is 4.19. The Labute approximate surface area is 171 Å². The van der Waals surface area contributed by atoms with Gasteiger partial charge in [-0.15, -0.1) is 0 Å². The first-order valence-electron chi connectivity index (χ1n) is 10.5. The van der Waals surface area contributed by atoms with Gasteiger partial charge in [0.25, 0.3) is 0 Å². The van der Waals surface area contributed by atoms with E-state index in [4.69, 9.17) is 0 Å². The molecule has 1 aromatic heterocycles. The number of rotatable bonds is 7. The van der Waals surface area contributed by atoms with Gasteiger partial charge in [0, 0.05) is 23.7 Å². The Kier molecular flexibility index (Phi) is 6.42. The molecule has 2 amide bonds. The van der Waals surface area contributed by atoms with Gasteiger partial charge in [-0.25, -0.2) is 4.79 Å². The smallest absolute Gasteiger partial charge is 0.319 e. The molecule has 2 aromatic carbocycles. The van der Waals surface area contributed by atoms with E-state index in [2.05, 4.69) is 56.5 Å². The average Bonchev–Trinajstić information content (AvgIpc) is 3.20. The van der Waals surface area contributed by atoms with Crippen LogP contribution in [0.4, 0.5) is 10.5 Å². The summed E-state index contributed by atoms with van der Waals surface area (Å²) in [6.07, 6.45) is 7.45. The third kappa shape index (κ3) is 5.57. The minimum absolute atomic E-state index is 0.164. The van der Waals surface area contributed by atoms with Crippen LogP contribution >= 0.6 is 0 Å². The van der Waals surface area contributed by atoms with Crippen molar-refractivity contribution < 1.29 is 4.79 Å². The van der Waals surface area contributed by atoms with E-state index in [1.165, 1.54) is 24.8 Å². The van der Waals surface area contributed by atoms with Crippen LogP contribution in [0.25, 0.3) is 10.9 Å². The molecule has 0 saturated carbocycles. The first-order valence-corrected chi connectivity index (χ1v) is 10.5. The van der Waals surface area contributed by atoms with Crippen molar-refractivity contribution >= 4 is 22.6 Å². The van der Waals surface area contributed by atoms with Crippen LogP contribution in [0.3, 0.4) is 0 Å². The van der Waals surface area contributed by atoms with E-state index < -0.39 is 0 Å². The number of amides is 2. The highest BCUT2D eigenvalue weighted by atomic mass is 16.2. The standard InChI is InChI=1S/C23H29N5O/c29-23(27-21-9-8-19-16-26-28-22(19)15-21)25-11-4-7-20-14-18(10-12-24-20)13-17-5-2-1-3-6-17/h1-3,5-6,8-9,15-16,18,20,24H,4,7,10-14H2,(H,26,28)(H2,25,27,29)/t18-,20-/m1/s1. The highest BCUT2D eigenvalue weighted by Gasteiger charge is 2.21. The van der Waals surface area contributed by atoms with Gasteiger partial charge in [-0.2, -0.15) is 5.10 Å². The molecule has 152 valence electrons. The average molecular weight is 392 g/mol. The van der Waals surface area contributed by atoms with Crippen molar-refractivity contribution in [2.75, 3.05) is 18.4 Å². The summed E-state index contributed by atoms with van der Waals surface area (Å²) in [6, 6.07) is 16.9. The van der Waals surface area contributed by atoms with E-state index in [-0.39, 0.29) is 6.03 Å². The largest absolute Gasteiger partial charge is 0.338 e. The lowest BCUT2D eigenvalue weighted by Crippen LogP contribution is -2.39. The van der Waals surface area contributed by atoms with Crippen molar-refractivity contribution in [1.29, 1.82) is 0 Å². The molecular weight excluding hydrogens is 362 g/mol. The summed E-state index contributed by atoms with van der Waals surface area (Å²) in [5, 5.41) is 17.4. The van der Waals surface area contributed by atoms with Gasteiger partial charge in [-0.3, -0.25) is 5.10 Å². The third-order valence-corrected chi connectivity index (χ3v) is 5.69. The van der Waals surface area contributed by atoms with E-state index in [9.17, 15) is 4.79 Å². The molecule has 29 heavy (non-hydrogen) atoms. The first kappa shape index (κ1) is 19.5. The molecule has 2 heterocycles. The number of nitrogens with one attached hydrogen (secondary N) is 4. The number of nitrogens with zero attached hydrogens (tertiary/aromatic N) is 1. The van der Waals surface area contributed by atoms with Crippen molar-refractivity contribution in [3.05, 3.63) is 60.3 Å². The molecule has 0 unspecified atom stereocenters. The van der Waals surface area contributed by atoms with E-state index in [1.807, 2.05) is 18.2 Å². The second-order valence-electron chi connectivity index (χ2n) is 7.93. The van der Waals surface area contributed by atoms with E-state index >= 15 is 0 Å². The number of carbonyl (C=O) groups is 1. The van der Waals surface area contributed by atoms with Crippen molar-refractivity contribution in [3.63, 3.8) is 0 Å². The van der Waals surface area contributed by atoms with Crippen LogP contribution in [0.15, 0.2) is 54.7 Å². The van der Waals surface area contributed by atoms with Gasteiger partial charge >= 0.3 is 6.03 Å². The van der Waals surface area contributed by atoms with E-state index in [1.54, 1.807) is 6.20 Å². The van der Waals surface area contributed by atoms with E-state index in [0.717, 1.165) is 41.9 Å². The molecule has 4 N–H and O–H groups in total. The maximum absolute atomic E-state index is 12.1. The Hall–Kier alpha value is -2.86. The molecule has 1 saturated heterocycles. The monoisotopic (exact) mass is 391 g/mol. The number of fused-ring (bicyclic) bond motifs is 1. The van der Waals surface area contributed by atoms with Gasteiger partial charge in [0.2, 0.25) is 0 Å². The number of anilines is 1. The number of carbonyl (C=O) groups excluding carboxylic acids is 1. The number of aromatic nitrogens is 2. The molecule has 6 heteroatoms. The Bertz CT molecular complexity index is 923. The Balaban J connectivity index is 1.15. The summed E-state index contributed by atoms with van der Waals surface area (Å²) < 4.78 is 0. The highest BCUT2D eigenvalue weighted by molar-refractivity contribution is 5.92. The topological polar surface area (TPSA) is 81.8 Å². The number of hydrogen-bond donors (Lipinski definition) is 4. The van der Waals surface area contributed by atoms with E-state index in [0.29, 0.717) is 12.6 Å². The normalized spacial score (nSPS) is 19.2. The molecule has 2 atom stereocenters. The van der Waals surface area contributed by atoms with Crippen molar-refractivity contribution in [3.8, 4) is 0 Å². The van der Waals surface area contributed by atoms with Crippen LogP contribution in [0.1, 0.15) is 31.2 Å². The Morgan fingerprint density at radius 2 is 2.07 bits per heavy atom. The maximum atomic E-state index is 12.1. The minimum atomic E-state index is -0.164. The molecule has 4 rings (SSSR count). The van der Waals surface area contributed by atoms with Gasteiger partial charge in [-0.05, 0) is 68.3 Å². The third-order valence-electron chi connectivity index (χ3n) is 5.69. The van der Waals surface area contributed by atoms with Crippen molar-refractivity contribution in [1.82, 2.24) is 20.8 Å². The predicted molar refractivity (Wildman–Crippen MR) is 117 cm³/mol. The first-order chi connectivity index (χ1) is 14.3. The molecule has 1 fully saturated rings. The van der Waals surface area contributed by atoms with Crippen LogP contribution in [0.5, 0.6) is 0 Å². The molecule has 6 nitrogen and oxygen atoms in total. The maximum Gasteiger partial charge on any atom is 0.319 e. The van der Waals surface area contributed by atoms with Crippen LogP contribution < -0.4 is 16.0 Å². The summed E-state index contributed by atoms with van der Waals surface area (Å²) >= 11 is 0. The number of urea groups is 1. The molecule has 0 bridgehead atoms. The lowest BCUT2D eigenvalue weighted by Gasteiger charge is -2.30. The second kappa shape index (κ2) is 9.56. The van der Waals surface area contributed by atoms with Crippen molar-refractivity contribution in [2.24, 2.45) is 5.92 Å². The molecule has 0 spiro atoms. The fraction of sp³-hybridized carbons (Fsp3) is 0.391. The zero-order valence-corrected chi connectivity index (χ0v) is 16.7. The van der Waals surface area contributed by atoms with Crippen molar-refractivity contribution in [2.45, 2.75) is 38.1 Å². The van der Waals surface area contributed by atoms with Gasteiger partial charge in [-0.1, -0.05) is 30.3 Å². The lowest BCUT2D eigenvalue weighted by atomic mass is 9.86. The molecular formula is C23H29N5O. The summed E-state index contributed by atoms with van der Waals surface area (Å²) in [5.41, 5.74) is 3.11. The van der Waals surface area contributed by atoms with Crippen LogP contribution in [0.2, 0.25) is 0 Å². The zero-order valence-electron chi connectivity index (χ0n) is 16.7. The van der Waals surface area contributed by atoms with Crippen LogP contribution in [-0.2, 0) is 6.42 Å². The number of hydrogen-bond acceptors (Lipinski definition) is 3. The number of benzene rings is 2.